The molecule has 2 aromatic carbocycles. The molecule has 0 aromatic heterocycles. The molecule has 1 unspecified atom stereocenters. The quantitative estimate of drug-likeness (QED) is 0.873. The van der Waals surface area contributed by atoms with E-state index < -0.39 is 6.10 Å². The molecule has 0 heterocycles. The first-order valence-electron chi connectivity index (χ1n) is 7.72. The molecule has 1 N–H and O–H groups in total. The van der Waals surface area contributed by atoms with Gasteiger partial charge < -0.3 is 14.8 Å². The van der Waals surface area contributed by atoms with Gasteiger partial charge in [0.05, 0.1) is 7.11 Å². The lowest BCUT2D eigenvalue weighted by atomic mass is 10.1. The SMILES string of the molecule is CCC(Oc1ccc(C)cc1C)C(=O)Nc1cccc(OC)c1. The van der Waals surface area contributed by atoms with Gasteiger partial charge in [-0.1, -0.05) is 30.7 Å². The van der Waals surface area contributed by atoms with Crippen LogP contribution in [0.3, 0.4) is 0 Å². The van der Waals surface area contributed by atoms with Crippen LogP contribution in [-0.2, 0) is 4.79 Å². The molecule has 0 bridgehead atoms. The van der Waals surface area contributed by atoms with Crippen molar-refractivity contribution in [2.75, 3.05) is 12.4 Å². The molecule has 0 fully saturated rings. The minimum absolute atomic E-state index is 0.166. The van der Waals surface area contributed by atoms with E-state index in [1.54, 1.807) is 13.2 Å². The van der Waals surface area contributed by atoms with Crippen LogP contribution in [-0.4, -0.2) is 19.1 Å². The summed E-state index contributed by atoms with van der Waals surface area (Å²) in [6.45, 7) is 5.94. The Labute approximate surface area is 137 Å². The van der Waals surface area contributed by atoms with E-state index in [0.29, 0.717) is 17.9 Å². The largest absolute Gasteiger partial charge is 0.497 e. The van der Waals surface area contributed by atoms with Gasteiger partial charge in [-0.05, 0) is 44.0 Å². The Morgan fingerprint density at radius 3 is 2.61 bits per heavy atom. The van der Waals surface area contributed by atoms with Crippen LogP contribution < -0.4 is 14.8 Å². The second-order valence-corrected chi connectivity index (χ2v) is 5.50. The normalized spacial score (nSPS) is 11.7. The maximum atomic E-state index is 12.4. The van der Waals surface area contributed by atoms with Crippen LogP contribution in [0.25, 0.3) is 0 Å². The van der Waals surface area contributed by atoms with E-state index in [0.717, 1.165) is 11.3 Å². The Balaban J connectivity index is 2.08. The number of nitrogens with one attached hydrogen (secondary N) is 1. The van der Waals surface area contributed by atoms with Crippen molar-refractivity contribution in [3.8, 4) is 11.5 Å². The molecule has 2 rings (SSSR count). The highest BCUT2D eigenvalue weighted by Gasteiger charge is 2.19. The van der Waals surface area contributed by atoms with Crippen LogP contribution in [0.2, 0.25) is 0 Å². The van der Waals surface area contributed by atoms with Crippen LogP contribution >= 0.6 is 0 Å². The summed E-state index contributed by atoms with van der Waals surface area (Å²) in [6, 6.07) is 13.2. The average Bonchev–Trinajstić information content (AvgIpc) is 2.54. The van der Waals surface area contributed by atoms with E-state index in [-0.39, 0.29) is 5.91 Å². The van der Waals surface area contributed by atoms with Gasteiger partial charge in [0.1, 0.15) is 11.5 Å². The van der Waals surface area contributed by atoms with Gasteiger partial charge in [-0.3, -0.25) is 4.79 Å². The van der Waals surface area contributed by atoms with Gasteiger partial charge >= 0.3 is 0 Å². The fraction of sp³-hybridized carbons (Fsp3) is 0.316. The minimum atomic E-state index is -0.539. The van der Waals surface area contributed by atoms with Crippen molar-refractivity contribution >= 4 is 11.6 Å². The second kappa shape index (κ2) is 7.68. The number of hydrogen-bond donors (Lipinski definition) is 1. The first kappa shape index (κ1) is 16.9. The molecule has 0 saturated carbocycles. The number of anilines is 1. The molecule has 0 aliphatic carbocycles. The van der Waals surface area contributed by atoms with E-state index in [1.165, 1.54) is 5.56 Å². The van der Waals surface area contributed by atoms with Gasteiger partial charge in [0.2, 0.25) is 0 Å². The van der Waals surface area contributed by atoms with Crippen molar-refractivity contribution in [2.45, 2.75) is 33.3 Å². The summed E-state index contributed by atoms with van der Waals surface area (Å²) in [5, 5.41) is 2.87. The first-order valence-corrected chi connectivity index (χ1v) is 7.72. The standard InChI is InChI=1S/C19H23NO3/c1-5-17(23-18-10-9-13(2)11-14(18)3)19(21)20-15-7-6-8-16(12-15)22-4/h6-12,17H,5H2,1-4H3,(H,20,21). The predicted molar refractivity (Wildman–Crippen MR) is 92.2 cm³/mol. The lowest BCUT2D eigenvalue weighted by Gasteiger charge is -2.19. The van der Waals surface area contributed by atoms with E-state index in [9.17, 15) is 4.79 Å². The zero-order valence-electron chi connectivity index (χ0n) is 14.1. The molecule has 0 aliphatic rings. The Morgan fingerprint density at radius 1 is 1.17 bits per heavy atom. The molecule has 4 heteroatoms. The van der Waals surface area contributed by atoms with Gasteiger partial charge in [0.15, 0.2) is 6.10 Å². The van der Waals surface area contributed by atoms with Crippen molar-refractivity contribution in [1.82, 2.24) is 0 Å². The Kier molecular flexibility index (Phi) is 5.63. The number of carbonyl (C=O) groups excluding carboxylic acids is 1. The first-order chi connectivity index (χ1) is 11.0. The molecule has 0 spiro atoms. The maximum Gasteiger partial charge on any atom is 0.265 e. The molecule has 2 aromatic rings. The van der Waals surface area contributed by atoms with E-state index >= 15 is 0 Å². The number of ether oxygens (including phenoxy) is 2. The summed E-state index contributed by atoms with van der Waals surface area (Å²) in [6.07, 6.45) is 0.0472. The molecular weight excluding hydrogens is 290 g/mol. The van der Waals surface area contributed by atoms with E-state index in [1.807, 2.05) is 57.2 Å². The molecule has 122 valence electrons. The zero-order valence-corrected chi connectivity index (χ0v) is 14.1. The van der Waals surface area contributed by atoms with Crippen molar-refractivity contribution in [2.24, 2.45) is 0 Å². The summed E-state index contributed by atoms with van der Waals surface area (Å²) < 4.78 is 11.1. The number of methoxy groups -OCH3 is 1. The third kappa shape index (κ3) is 4.49. The second-order valence-electron chi connectivity index (χ2n) is 5.50. The van der Waals surface area contributed by atoms with Gasteiger partial charge in [-0.2, -0.15) is 0 Å². The summed E-state index contributed by atoms with van der Waals surface area (Å²) in [7, 11) is 1.60. The predicted octanol–water partition coefficient (Wildman–Crippen LogP) is 4.11. The number of aryl methyl sites for hydroxylation is 2. The van der Waals surface area contributed by atoms with Crippen LogP contribution in [0.15, 0.2) is 42.5 Å². The molecule has 0 aliphatic heterocycles. The molecule has 0 radical (unpaired) electrons. The topological polar surface area (TPSA) is 47.6 Å². The summed E-state index contributed by atoms with van der Waals surface area (Å²) >= 11 is 0. The van der Waals surface area contributed by atoms with Gasteiger partial charge in [-0.25, -0.2) is 0 Å². The van der Waals surface area contributed by atoms with Crippen molar-refractivity contribution in [1.29, 1.82) is 0 Å². The lowest BCUT2D eigenvalue weighted by Crippen LogP contribution is -2.32. The third-order valence-corrected chi connectivity index (χ3v) is 3.60. The van der Waals surface area contributed by atoms with Gasteiger partial charge in [-0.15, -0.1) is 0 Å². The number of hydrogen-bond acceptors (Lipinski definition) is 3. The fourth-order valence-corrected chi connectivity index (χ4v) is 2.33. The molecule has 1 amide bonds. The van der Waals surface area contributed by atoms with Gasteiger partial charge in [0.25, 0.3) is 5.91 Å². The molecule has 1 atom stereocenters. The highest BCUT2D eigenvalue weighted by molar-refractivity contribution is 5.94. The van der Waals surface area contributed by atoms with Gasteiger partial charge in [0, 0.05) is 11.8 Å². The van der Waals surface area contributed by atoms with Crippen molar-refractivity contribution in [3.05, 3.63) is 53.6 Å². The molecular formula is C19H23NO3. The van der Waals surface area contributed by atoms with Crippen LogP contribution in [0, 0.1) is 13.8 Å². The highest BCUT2D eigenvalue weighted by Crippen LogP contribution is 2.22. The van der Waals surface area contributed by atoms with Crippen LogP contribution in [0.4, 0.5) is 5.69 Å². The number of amides is 1. The lowest BCUT2D eigenvalue weighted by molar-refractivity contribution is -0.122. The Hall–Kier alpha value is -2.49. The summed E-state index contributed by atoms with van der Waals surface area (Å²) in [5.41, 5.74) is 2.89. The summed E-state index contributed by atoms with van der Waals surface area (Å²) in [4.78, 5) is 12.4. The van der Waals surface area contributed by atoms with Crippen molar-refractivity contribution < 1.29 is 14.3 Å². The Morgan fingerprint density at radius 2 is 1.96 bits per heavy atom. The van der Waals surface area contributed by atoms with Crippen LogP contribution in [0.1, 0.15) is 24.5 Å². The van der Waals surface area contributed by atoms with Crippen LogP contribution in [0.5, 0.6) is 11.5 Å². The monoisotopic (exact) mass is 313 g/mol. The highest BCUT2D eigenvalue weighted by atomic mass is 16.5. The zero-order chi connectivity index (χ0) is 16.8. The number of rotatable bonds is 6. The smallest absolute Gasteiger partial charge is 0.265 e. The number of carbonyl (C=O) groups is 1. The molecule has 0 saturated heterocycles. The summed E-state index contributed by atoms with van der Waals surface area (Å²) in [5.74, 6) is 1.27. The third-order valence-electron chi connectivity index (χ3n) is 3.60. The minimum Gasteiger partial charge on any atom is -0.497 e. The maximum absolute atomic E-state index is 12.4. The average molecular weight is 313 g/mol. The fourth-order valence-electron chi connectivity index (χ4n) is 2.33. The molecule has 4 nitrogen and oxygen atoms in total. The van der Waals surface area contributed by atoms with Crippen molar-refractivity contribution in [3.63, 3.8) is 0 Å². The van der Waals surface area contributed by atoms with E-state index in [2.05, 4.69) is 5.32 Å². The molecule has 23 heavy (non-hydrogen) atoms. The van der Waals surface area contributed by atoms with E-state index in [4.69, 9.17) is 9.47 Å². The Bertz CT molecular complexity index is 682. The number of benzene rings is 2.